The van der Waals surface area contributed by atoms with E-state index in [1.165, 1.54) is 4.31 Å². The lowest BCUT2D eigenvalue weighted by molar-refractivity contribution is -0.141. The van der Waals surface area contributed by atoms with Crippen LogP contribution in [0.5, 0.6) is 5.75 Å². The smallest absolute Gasteiger partial charge is 0.243 e. The van der Waals surface area contributed by atoms with E-state index in [0.29, 0.717) is 40.1 Å². The molecule has 248 valence electrons. The fraction of sp³-hybridized carbons (Fsp3) is 0.429. The fourth-order valence-corrected chi connectivity index (χ4v) is 7.36. The molecule has 0 bridgehead atoms. The van der Waals surface area contributed by atoms with Gasteiger partial charge in [0.25, 0.3) is 0 Å². The van der Waals surface area contributed by atoms with Crippen LogP contribution in [0.15, 0.2) is 72.8 Å². The van der Waals surface area contributed by atoms with Crippen molar-refractivity contribution < 1.29 is 22.7 Å². The van der Waals surface area contributed by atoms with Gasteiger partial charge in [-0.05, 0) is 56.0 Å². The van der Waals surface area contributed by atoms with Gasteiger partial charge in [-0.15, -0.1) is 0 Å². The highest BCUT2D eigenvalue weighted by Crippen LogP contribution is 2.31. The van der Waals surface area contributed by atoms with Gasteiger partial charge < -0.3 is 15.0 Å². The number of carbonyl (C=O) groups is 2. The summed E-state index contributed by atoms with van der Waals surface area (Å²) in [4.78, 5) is 29.8. The summed E-state index contributed by atoms with van der Waals surface area (Å²) in [5.74, 6) is -0.0861. The SMILES string of the molecule is CCOc1ccccc1N(CCCC(=O)N(Cc1c(Cl)cccc1Cl)[C@@H](Cc1ccccc1)C(=O)NC1CCCCC1)S(C)(=O)=O. The molecule has 8 nitrogen and oxygen atoms in total. The molecule has 1 atom stereocenters. The minimum absolute atomic E-state index is 0.00705. The Labute approximate surface area is 283 Å². The van der Waals surface area contributed by atoms with Gasteiger partial charge in [0, 0.05) is 47.6 Å². The number of benzene rings is 3. The number of halogens is 2. The highest BCUT2D eigenvalue weighted by atomic mass is 35.5. The molecule has 0 unspecified atom stereocenters. The highest BCUT2D eigenvalue weighted by Gasteiger charge is 2.33. The number of nitrogens with one attached hydrogen (secondary N) is 1. The van der Waals surface area contributed by atoms with Crippen molar-refractivity contribution >= 4 is 50.7 Å². The number of para-hydroxylation sites is 2. The number of hydrogen-bond acceptors (Lipinski definition) is 5. The van der Waals surface area contributed by atoms with Gasteiger partial charge in [-0.3, -0.25) is 13.9 Å². The number of anilines is 1. The summed E-state index contributed by atoms with van der Waals surface area (Å²) in [6.45, 7) is 2.28. The van der Waals surface area contributed by atoms with Crippen LogP contribution in [0, 0.1) is 0 Å². The Morgan fingerprint density at radius 2 is 1.59 bits per heavy atom. The fourth-order valence-electron chi connectivity index (χ4n) is 5.88. The van der Waals surface area contributed by atoms with Gasteiger partial charge in [0.1, 0.15) is 11.8 Å². The molecule has 2 amide bonds. The van der Waals surface area contributed by atoms with Gasteiger partial charge >= 0.3 is 0 Å². The van der Waals surface area contributed by atoms with Crippen LogP contribution >= 0.6 is 23.2 Å². The van der Waals surface area contributed by atoms with Crippen molar-refractivity contribution in [3.05, 3.63) is 94.0 Å². The molecule has 0 heterocycles. The Balaban J connectivity index is 1.63. The van der Waals surface area contributed by atoms with E-state index in [2.05, 4.69) is 5.32 Å². The van der Waals surface area contributed by atoms with Gasteiger partial charge in [-0.25, -0.2) is 8.42 Å². The van der Waals surface area contributed by atoms with Gasteiger partial charge in [0.15, 0.2) is 0 Å². The molecule has 1 aliphatic carbocycles. The number of ether oxygens (including phenoxy) is 1. The van der Waals surface area contributed by atoms with Crippen molar-refractivity contribution in [3.63, 3.8) is 0 Å². The van der Waals surface area contributed by atoms with E-state index in [0.717, 1.165) is 43.9 Å². The van der Waals surface area contributed by atoms with Crippen LogP contribution in [0.25, 0.3) is 0 Å². The molecule has 1 saturated carbocycles. The summed E-state index contributed by atoms with van der Waals surface area (Å²) in [6.07, 6.45) is 6.69. The Kier molecular flexibility index (Phi) is 13.2. The summed E-state index contributed by atoms with van der Waals surface area (Å²) in [5.41, 5.74) is 1.86. The predicted octanol–water partition coefficient (Wildman–Crippen LogP) is 7.03. The van der Waals surface area contributed by atoms with Crippen LogP contribution < -0.4 is 14.4 Å². The lowest BCUT2D eigenvalue weighted by Crippen LogP contribution is -2.53. The molecule has 0 aliphatic heterocycles. The minimum Gasteiger partial charge on any atom is -0.492 e. The third-order valence-electron chi connectivity index (χ3n) is 8.20. The molecule has 0 aromatic heterocycles. The van der Waals surface area contributed by atoms with Gasteiger partial charge in [0.05, 0.1) is 18.6 Å². The maximum atomic E-state index is 14.2. The first-order chi connectivity index (χ1) is 22.1. The summed E-state index contributed by atoms with van der Waals surface area (Å²) < 4.78 is 32.7. The number of amides is 2. The number of rotatable bonds is 15. The van der Waals surface area contributed by atoms with Crippen molar-refractivity contribution in [1.82, 2.24) is 10.2 Å². The van der Waals surface area contributed by atoms with E-state index in [9.17, 15) is 18.0 Å². The molecule has 11 heteroatoms. The Morgan fingerprint density at radius 3 is 2.24 bits per heavy atom. The summed E-state index contributed by atoms with van der Waals surface area (Å²) in [6, 6.07) is 20.9. The van der Waals surface area contributed by atoms with E-state index >= 15 is 0 Å². The van der Waals surface area contributed by atoms with Crippen LogP contribution in [0.4, 0.5) is 5.69 Å². The first kappa shape index (κ1) is 35.6. The van der Waals surface area contributed by atoms with Gasteiger partial charge in [-0.2, -0.15) is 0 Å². The molecule has 0 spiro atoms. The average molecular weight is 689 g/mol. The lowest BCUT2D eigenvalue weighted by Gasteiger charge is -2.34. The molecule has 0 radical (unpaired) electrons. The number of hydrogen-bond donors (Lipinski definition) is 1. The molecule has 4 rings (SSSR count). The summed E-state index contributed by atoms with van der Waals surface area (Å²) in [7, 11) is -3.69. The summed E-state index contributed by atoms with van der Waals surface area (Å²) in [5, 5.41) is 4.01. The van der Waals surface area contributed by atoms with Crippen molar-refractivity contribution in [2.24, 2.45) is 0 Å². The maximum Gasteiger partial charge on any atom is 0.243 e. The zero-order chi connectivity index (χ0) is 33.1. The molecule has 1 fully saturated rings. The second kappa shape index (κ2) is 17.0. The molecule has 46 heavy (non-hydrogen) atoms. The Bertz CT molecular complexity index is 1550. The molecule has 1 aliphatic rings. The van der Waals surface area contributed by atoms with Crippen LogP contribution in [-0.2, 0) is 32.6 Å². The van der Waals surface area contributed by atoms with Gasteiger partial charge in [-0.1, -0.05) is 91.0 Å². The third-order valence-corrected chi connectivity index (χ3v) is 10.1. The van der Waals surface area contributed by atoms with E-state index < -0.39 is 16.1 Å². The predicted molar refractivity (Wildman–Crippen MR) is 185 cm³/mol. The number of carbonyl (C=O) groups excluding carboxylic acids is 2. The molecule has 3 aromatic carbocycles. The highest BCUT2D eigenvalue weighted by molar-refractivity contribution is 7.92. The normalized spacial score (nSPS) is 14.3. The standard InChI is InChI=1S/C35H43Cl2N3O5S/c1-3-45-33-21-11-10-20-31(33)40(46(2,43)44)23-13-22-34(41)39(25-28-29(36)18-12-19-30(28)37)32(24-26-14-6-4-7-15-26)35(42)38-27-16-8-5-9-17-27/h4,6-7,10-12,14-15,18-21,27,32H,3,5,8-9,13,16-17,22-25H2,1-2H3,(H,38,42)/t32-/m0/s1. The summed E-state index contributed by atoms with van der Waals surface area (Å²) >= 11 is 13.1. The lowest BCUT2D eigenvalue weighted by atomic mass is 9.94. The van der Waals surface area contributed by atoms with Crippen molar-refractivity contribution in [2.45, 2.75) is 76.9 Å². The van der Waals surface area contributed by atoms with Crippen molar-refractivity contribution in [2.75, 3.05) is 23.7 Å². The van der Waals surface area contributed by atoms with Gasteiger partial charge in [0.2, 0.25) is 21.8 Å². The topological polar surface area (TPSA) is 96.0 Å². The molecule has 0 saturated heterocycles. The second-order valence-electron chi connectivity index (χ2n) is 11.6. The number of sulfonamides is 1. The average Bonchev–Trinajstić information content (AvgIpc) is 3.03. The van der Waals surface area contributed by atoms with Crippen LogP contribution in [0.3, 0.4) is 0 Å². The first-order valence-electron chi connectivity index (χ1n) is 15.8. The van der Waals surface area contributed by atoms with E-state index in [-0.39, 0.29) is 43.8 Å². The van der Waals surface area contributed by atoms with E-state index in [4.69, 9.17) is 27.9 Å². The first-order valence-corrected chi connectivity index (χ1v) is 18.4. The minimum atomic E-state index is -3.69. The Hall–Kier alpha value is -3.27. The zero-order valence-electron chi connectivity index (χ0n) is 26.5. The van der Waals surface area contributed by atoms with Crippen molar-refractivity contribution in [3.8, 4) is 5.75 Å². The molecular weight excluding hydrogens is 645 g/mol. The molecule has 3 aromatic rings. The Morgan fingerprint density at radius 1 is 0.935 bits per heavy atom. The third kappa shape index (κ3) is 9.86. The van der Waals surface area contributed by atoms with Crippen LogP contribution in [0.2, 0.25) is 10.0 Å². The largest absolute Gasteiger partial charge is 0.492 e. The zero-order valence-corrected chi connectivity index (χ0v) is 28.8. The van der Waals surface area contributed by atoms with E-state index in [1.807, 2.05) is 37.3 Å². The van der Waals surface area contributed by atoms with Crippen LogP contribution in [0.1, 0.15) is 63.0 Å². The van der Waals surface area contributed by atoms with E-state index in [1.54, 1.807) is 47.4 Å². The van der Waals surface area contributed by atoms with Crippen LogP contribution in [-0.4, -0.2) is 56.6 Å². The maximum absolute atomic E-state index is 14.2. The van der Waals surface area contributed by atoms with Crippen molar-refractivity contribution in [1.29, 1.82) is 0 Å². The quantitative estimate of drug-likeness (QED) is 0.185. The molecule has 1 N–H and O–H groups in total. The second-order valence-corrected chi connectivity index (χ2v) is 14.3. The monoisotopic (exact) mass is 687 g/mol. The molecular formula is C35H43Cl2N3O5S. The number of nitrogens with zero attached hydrogens (tertiary/aromatic N) is 2.